The minimum absolute atomic E-state index is 0.0490. The second kappa shape index (κ2) is 9.05. The number of carboxylic acid groups (broad SMARTS) is 1. The van der Waals surface area contributed by atoms with E-state index in [0.29, 0.717) is 36.1 Å². The number of nitrogens with one attached hydrogen (secondary N) is 1. The molecule has 180 valence electrons. The van der Waals surface area contributed by atoms with E-state index in [1.807, 2.05) is 18.2 Å². The normalized spacial score (nSPS) is 13.8. The quantitative estimate of drug-likeness (QED) is 0.334. The van der Waals surface area contributed by atoms with Gasteiger partial charge in [-0.1, -0.05) is 12.1 Å². The average molecular weight is 481 g/mol. The number of rotatable bonds is 8. The zero-order chi connectivity index (χ0) is 24.6. The molecule has 35 heavy (non-hydrogen) atoms. The van der Waals surface area contributed by atoms with E-state index in [0.717, 1.165) is 52.7 Å². The van der Waals surface area contributed by atoms with Crippen LogP contribution in [0, 0.1) is 0 Å². The van der Waals surface area contributed by atoms with E-state index < -0.39 is 17.7 Å². The maximum absolute atomic E-state index is 12.9. The molecule has 5 rings (SSSR count). The van der Waals surface area contributed by atoms with Crippen molar-refractivity contribution in [3.05, 3.63) is 77.2 Å². The molecule has 0 bridgehead atoms. The molecular weight excluding hydrogens is 459 g/mol. The summed E-state index contributed by atoms with van der Waals surface area (Å²) in [4.78, 5) is 23.2. The van der Waals surface area contributed by atoms with Gasteiger partial charge in [0.2, 0.25) is 0 Å². The number of hydrogen-bond acceptors (Lipinski definition) is 4. The average Bonchev–Trinajstić information content (AvgIpc) is 3.60. The number of carbonyl (C=O) groups is 1. The van der Waals surface area contributed by atoms with Gasteiger partial charge in [0, 0.05) is 47.3 Å². The standard InChI is InChI=1S/C26H22F3N3O3/c27-26(28,29)19-5-3-16(4-6-19)25-31-13-17(24(32-25)15-1-2-15)9-10-35-20-7-8-21-18(11-23(33)34)14-30-22(21)12-20/h3-8,12-15,30H,1-2,9-11H2,(H,33,34). The van der Waals surface area contributed by atoms with Gasteiger partial charge in [0.15, 0.2) is 5.82 Å². The fourth-order valence-corrected chi connectivity index (χ4v) is 4.11. The van der Waals surface area contributed by atoms with Gasteiger partial charge in [-0.05, 0) is 48.2 Å². The fraction of sp³-hybridized carbons (Fsp3) is 0.269. The van der Waals surface area contributed by atoms with Crippen LogP contribution in [0.3, 0.4) is 0 Å². The lowest BCUT2D eigenvalue weighted by atomic mass is 10.1. The largest absolute Gasteiger partial charge is 0.493 e. The number of nitrogens with zero attached hydrogens (tertiary/aromatic N) is 2. The van der Waals surface area contributed by atoms with Crippen molar-refractivity contribution in [2.45, 2.75) is 37.8 Å². The van der Waals surface area contributed by atoms with E-state index in [9.17, 15) is 18.0 Å². The van der Waals surface area contributed by atoms with Crippen molar-refractivity contribution >= 4 is 16.9 Å². The number of fused-ring (bicyclic) bond motifs is 1. The molecule has 2 aromatic heterocycles. The molecule has 0 aliphatic heterocycles. The third-order valence-corrected chi connectivity index (χ3v) is 6.05. The number of aromatic nitrogens is 3. The number of ether oxygens (including phenoxy) is 1. The lowest BCUT2D eigenvalue weighted by Crippen LogP contribution is -2.07. The Kier molecular flexibility index (Phi) is 5.92. The van der Waals surface area contributed by atoms with Crippen LogP contribution in [0.5, 0.6) is 5.75 Å². The number of H-pyrrole nitrogens is 1. The van der Waals surface area contributed by atoms with Crippen molar-refractivity contribution in [2.24, 2.45) is 0 Å². The van der Waals surface area contributed by atoms with Crippen LogP contribution >= 0.6 is 0 Å². The lowest BCUT2D eigenvalue weighted by Gasteiger charge is -2.12. The second-order valence-corrected chi connectivity index (χ2v) is 8.64. The molecule has 4 aromatic rings. The van der Waals surface area contributed by atoms with Gasteiger partial charge in [-0.25, -0.2) is 9.97 Å². The predicted octanol–water partition coefficient (Wildman–Crippen LogP) is 5.77. The van der Waals surface area contributed by atoms with Crippen molar-refractivity contribution in [2.75, 3.05) is 6.61 Å². The Morgan fingerprint density at radius 1 is 1.11 bits per heavy atom. The molecule has 2 aromatic carbocycles. The van der Waals surface area contributed by atoms with Crippen LogP contribution in [-0.4, -0.2) is 32.6 Å². The van der Waals surface area contributed by atoms with Gasteiger partial charge < -0.3 is 14.8 Å². The van der Waals surface area contributed by atoms with Gasteiger partial charge in [-0.2, -0.15) is 13.2 Å². The van der Waals surface area contributed by atoms with Crippen LogP contribution in [0.15, 0.2) is 54.9 Å². The van der Waals surface area contributed by atoms with E-state index in [4.69, 9.17) is 9.84 Å². The predicted molar refractivity (Wildman–Crippen MR) is 123 cm³/mol. The summed E-state index contributed by atoms with van der Waals surface area (Å²) >= 11 is 0. The number of alkyl halides is 3. The Morgan fingerprint density at radius 2 is 1.89 bits per heavy atom. The first-order valence-corrected chi connectivity index (χ1v) is 11.3. The molecule has 1 aliphatic carbocycles. The highest BCUT2D eigenvalue weighted by atomic mass is 19.4. The first-order valence-electron chi connectivity index (χ1n) is 11.3. The molecule has 0 atom stereocenters. The summed E-state index contributed by atoms with van der Waals surface area (Å²) in [5.41, 5.74) is 3.27. The maximum Gasteiger partial charge on any atom is 0.416 e. The number of halogens is 3. The number of aromatic amines is 1. The lowest BCUT2D eigenvalue weighted by molar-refractivity contribution is -0.138. The highest BCUT2D eigenvalue weighted by Gasteiger charge is 2.31. The molecule has 0 unspecified atom stereocenters. The Balaban J connectivity index is 1.28. The van der Waals surface area contributed by atoms with Crippen LogP contribution in [0.2, 0.25) is 0 Å². The first-order chi connectivity index (χ1) is 16.8. The van der Waals surface area contributed by atoms with Crippen LogP contribution in [-0.2, 0) is 23.8 Å². The third-order valence-electron chi connectivity index (χ3n) is 6.05. The van der Waals surface area contributed by atoms with E-state index in [2.05, 4.69) is 15.0 Å². The zero-order valence-electron chi connectivity index (χ0n) is 18.6. The van der Waals surface area contributed by atoms with E-state index in [1.165, 1.54) is 12.1 Å². The Bertz CT molecular complexity index is 1380. The van der Waals surface area contributed by atoms with Crippen molar-refractivity contribution in [1.29, 1.82) is 0 Å². The molecule has 0 radical (unpaired) electrons. The Morgan fingerprint density at radius 3 is 2.57 bits per heavy atom. The number of benzene rings is 2. The summed E-state index contributed by atoms with van der Waals surface area (Å²) in [5.74, 6) is 0.532. The molecular formula is C26H22F3N3O3. The minimum Gasteiger partial charge on any atom is -0.493 e. The van der Waals surface area contributed by atoms with Gasteiger partial charge >= 0.3 is 12.1 Å². The topological polar surface area (TPSA) is 88.1 Å². The van der Waals surface area contributed by atoms with Crippen LogP contribution in [0.1, 0.15) is 41.1 Å². The Labute approximate surface area is 198 Å². The monoisotopic (exact) mass is 481 g/mol. The Hall–Kier alpha value is -3.88. The van der Waals surface area contributed by atoms with Crippen molar-refractivity contribution in [3.63, 3.8) is 0 Å². The highest BCUT2D eigenvalue weighted by molar-refractivity contribution is 5.87. The molecule has 9 heteroatoms. The fourth-order valence-electron chi connectivity index (χ4n) is 4.11. The number of hydrogen-bond donors (Lipinski definition) is 2. The summed E-state index contributed by atoms with van der Waals surface area (Å²) in [5, 5.41) is 9.87. The van der Waals surface area contributed by atoms with Crippen molar-refractivity contribution in [3.8, 4) is 17.1 Å². The molecule has 0 spiro atoms. The second-order valence-electron chi connectivity index (χ2n) is 8.64. The third kappa shape index (κ3) is 5.13. The molecule has 2 heterocycles. The van der Waals surface area contributed by atoms with Gasteiger partial charge in [0.25, 0.3) is 0 Å². The van der Waals surface area contributed by atoms with E-state index >= 15 is 0 Å². The van der Waals surface area contributed by atoms with Gasteiger partial charge in [0.05, 0.1) is 24.3 Å². The zero-order valence-corrected chi connectivity index (χ0v) is 18.6. The molecule has 6 nitrogen and oxygen atoms in total. The van der Waals surface area contributed by atoms with Gasteiger partial charge in [-0.15, -0.1) is 0 Å². The molecule has 0 saturated heterocycles. The maximum atomic E-state index is 12.9. The van der Waals surface area contributed by atoms with Gasteiger partial charge in [-0.3, -0.25) is 4.79 Å². The molecule has 1 saturated carbocycles. The van der Waals surface area contributed by atoms with Crippen LogP contribution in [0.25, 0.3) is 22.3 Å². The first kappa shape index (κ1) is 22.9. The summed E-state index contributed by atoms with van der Waals surface area (Å²) < 4.78 is 44.5. The SMILES string of the molecule is O=C(O)Cc1c[nH]c2cc(OCCc3cnc(-c4ccc(C(F)(F)F)cc4)nc3C3CC3)ccc12. The summed E-state index contributed by atoms with van der Waals surface area (Å²) in [6.07, 6.45) is 1.65. The summed E-state index contributed by atoms with van der Waals surface area (Å²) in [6, 6.07) is 10.4. The minimum atomic E-state index is -4.38. The van der Waals surface area contributed by atoms with Gasteiger partial charge in [0.1, 0.15) is 5.75 Å². The highest BCUT2D eigenvalue weighted by Crippen LogP contribution is 2.41. The molecule has 1 fully saturated rings. The smallest absolute Gasteiger partial charge is 0.416 e. The van der Waals surface area contributed by atoms with E-state index in [-0.39, 0.29) is 6.42 Å². The molecule has 2 N–H and O–H groups in total. The van der Waals surface area contributed by atoms with Crippen LogP contribution in [0.4, 0.5) is 13.2 Å². The number of carboxylic acids is 1. The van der Waals surface area contributed by atoms with Crippen molar-refractivity contribution < 1.29 is 27.8 Å². The molecule has 1 aliphatic rings. The van der Waals surface area contributed by atoms with Crippen LogP contribution < -0.4 is 4.74 Å². The number of aliphatic carboxylic acids is 1. The summed E-state index contributed by atoms with van der Waals surface area (Å²) in [7, 11) is 0. The van der Waals surface area contributed by atoms with E-state index in [1.54, 1.807) is 12.4 Å². The molecule has 0 amide bonds. The van der Waals surface area contributed by atoms with Crippen molar-refractivity contribution in [1.82, 2.24) is 15.0 Å². The summed E-state index contributed by atoms with van der Waals surface area (Å²) in [6.45, 7) is 0.400.